The number of aromatic nitrogens is 2. The van der Waals surface area contributed by atoms with E-state index in [1.54, 1.807) is 12.1 Å². The maximum absolute atomic E-state index is 12.9. The van der Waals surface area contributed by atoms with Crippen LogP contribution in [0.1, 0.15) is 74.2 Å². The summed E-state index contributed by atoms with van der Waals surface area (Å²) in [5.74, 6) is 0.102. The average Bonchev–Trinajstić information content (AvgIpc) is 3.15. The van der Waals surface area contributed by atoms with E-state index in [0.29, 0.717) is 17.5 Å². The van der Waals surface area contributed by atoms with Crippen molar-refractivity contribution in [3.8, 4) is 17.1 Å². The van der Waals surface area contributed by atoms with Crippen molar-refractivity contribution in [1.82, 2.24) is 9.97 Å². The third-order valence-electron chi connectivity index (χ3n) is 5.39. The Balaban J connectivity index is 1.71. The summed E-state index contributed by atoms with van der Waals surface area (Å²) in [5, 5.41) is 10.2. The number of rotatable bonds is 10. The van der Waals surface area contributed by atoms with Crippen LogP contribution in [-0.4, -0.2) is 20.9 Å². The first kappa shape index (κ1) is 22.8. The van der Waals surface area contributed by atoms with Crippen LogP contribution in [0.15, 0.2) is 36.4 Å². The molecule has 2 N–H and O–H groups in total. The summed E-state index contributed by atoms with van der Waals surface area (Å²) in [6.45, 7) is 2.18. The summed E-state index contributed by atoms with van der Waals surface area (Å²) >= 11 is 0. The second kappa shape index (κ2) is 9.98. The van der Waals surface area contributed by atoms with E-state index in [4.69, 9.17) is 0 Å². The highest BCUT2D eigenvalue weighted by molar-refractivity contribution is 5.97. The number of imidazole rings is 1. The molecule has 7 heteroatoms. The van der Waals surface area contributed by atoms with Gasteiger partial charge in [-0.1, -0.05) is 45.4 Å². The van der Waals surface area contributed by atoms with E-state index in [1.165, 1.54) is 37.8 Å². The predicted octanol–water partition coefficient (Wildman–Crippen LogP) is 7.28. The van der Waals surface area contributed by atoms with Gasteiger partial charge in [-0.25, -0.2) is 4.98 Å². The van der Waals surface area contributed by atoms with Crippen molar-refractivity contribution in [3.05, 3.63) is 47.5 Å². The predicted molar refractivity (Wildman–Crippen MR) is 115 cm³/mol. The molecule has 0 saturated carbocycles. The summed E-state index contributed by atoms with van der Waals surface area (Å²) in [4.78, 5) is 19.7. The van der Waals surface area contributed by atoms with Crippen molar-refractivity contribution in [1.29, 1.82) is 0 Å². The van der Waals surface area contributed by atoms with E-state index in [9.17, 15) is 23.1 Å². The maximum atomic E-state index is 12.9. The van der Waals surface area contributed by atoms with Gasteiger partial charge >= 0.3 is 6.18 Å². The molecule has 0 unspecified atom stereocenters. The molecule has 0 fully saturated rings. The van der Waals surface area contributed by atoms with Gasteiger partial charge in [0.2, 0.25) is 0 Å². The van der Waals surface area contributed by atoms with Gasteiger partial charge in [0.1, 0.15) is 11.6 Å². The number of H-pyrrole nitrogens is 1. The van der Waals surface area contributed by atoms with Gasteiger partial charge in [0.25, 0.3) is 0 Å². The number of ketones is 1. The number of aromatic hydroxyl groups is 1. The number of unbranched alkanes of at least 4 members (excludes halogenated alkanes) is 6. The largest absolute Gasteiger partial charge is 0.507 e. The van der Waals surface area contributed by atoms with Crippen LogP contribution in [0.5, 0.6) is 5.75 Å². The monoisotopic (exact) mass is 432 g/mol. The molecule has 0 bridgehead atoms. The number of carbonyl (C=O) groups excluding carboxylic acids is 1. The van der Waals surface area contributed by atoms with E-state index in [2.05, 4.69) is 16.9 Å². The number of carbonyl (C=O) groups is 1. The number of Topliss-reactive ketones (excluding diaryl/α,β-unsaturated/α-hetero) is 1. The van der Waals surface area contributed by atoms with Crippen LogP contribution in [0.3, 0.4) is 0 Å². The highest BCUT2D eigenvalue weighted by Gasteiger charge is 2.30. The number of aromatic amines is 1. The number of nitrogens with one attached hydrogen (secondary N) is 1. The Labute approximate surface area is 179 Å². The lowest BCUT2D eigenvalue weighted by Crippen LogP contribution is -2.04. The first-order chi connectivity index (χ1) is 14.8. The van der Waals surface area contributed by atoms with Crippen molar-refractivity contribution >= 4 is 16.8 Å². The molecule has 0 aliphatic heterocycles. The van der Waals surface area contributed by atoms with Crippen LogP contribution in [0.25, 0.3) is 22.4 Å². The first-order valence-corrected chi connectivity index (χ1v) is 10.7. The maximum Gasteiger partial charge on any atom is 0.416 e. The van der Waals surface area contributed by atoms with E-state index in [0.717, 1.165) is 31.4 Å². The van der Waals surface area contributed by atoms with Gasteiger partial charge in [0.15, 0.2) is 5.78 Å². The van der Waals surface area contributed by atoms with Gasteiger partial charge in [-0.3, -0.25) is 4.79 Å². The molecule has 0 atom stereocenters. The summed E-state index contributed by atoms with van der Waals surface area (Å²) in [7, 11) is 0. The fraction of sp³-hybridized carbons (Fsp3) is 0.417. The van der Waals surface area contributed by atoms with E-state index in [1.807, 2.05) is 0 Å². The smallest absolute Gasteiger partial charge is 0.416 e. The zero-order valence-corrected chi connectivity index (χ0v) is 17.6. The van der Waals surface area contributed by atoms with Gasteiger partial charge in [0.05, 0.1) is 22.2 Å². The summed E-state index contributed by atoms with van der Waals surface area (Å²) in [5.41, 5.74) is 0.523. The Morgan fingerprint density at radius 1 is 1.00 bits per heavy atom. The third-order valence-corrected chi connectivity index (χ3v) is 5.39. The fourth-order valence-electron chi connectivity index (χ4n) is 3.60. The molecule has 31 heavy (non-hydrogen) atoms. The van der Waals surface area contributed by atoms with E-state index < -0.39 is 11.7 Å². The fourth-order valence-corrected chi connectivity index (χ4v) is 3.60. The van der Waals surface area contributed by atoms with Gasteiger partial charge in [0, 0.05) is 12.0 Å². The van der Waals surface area contributed by atoms with Gasteiger partial charge in [-0.15, -0.1) is 0 Å². The molecule has 3 rings (SSSR count). The zero-order chi connectivity index (χ0) is 22.4. The van der Waals surface area contributed by atoms with Crippen molar-refractivity contribution in [2.45, 2.75) is 64.5 Å². The molecule has 166 valence electrons. The summed E-state index contributed by atoms with van der Waals surface area (Å²) in [6.07, 6.45) is 3.77. The lowest BCUT2D eigenvalue weighted by molar-refractivity contribution is -0.137. The lowest BCUT2D eigenvalue weighted by Gasteiger charge is -2.06. The standard InChI is InChI=1S/C24H27F3N2O2/c1-2-3-4-5-6-7-8-9-21(30)16-10-13-22(31)18(14-16)23-28-19-12-11-17(24(25,26)27)15-20(19)29-23/h10-15,31H,2-9H2,1H3,(H,28,29). The lowest BCUT2D eigenvalue weighted by atomic mass is 10.0. The van der Waals surface area contributed by atoms with Crippen LogP contribution >= 0.6 is 0 Å². The Morgan fingerprint density at radius 3 is 2.42 bits per heavy atom. The van der Waals surface area contributed by atoms with Crippen LogP contribution in [-0.2, 0) is 6.18 Å². The topological polar surface area (TPSA) is 66.0 Å². The van der Waals surface area contributed by atoms with Crippen molar-refractivity contribution < 1.29 is 23.1 Å². The quantitative estimate of drug-likeness (QED) is 0.261. The molecule has 3 aromatic rings. The number of halogens is 3. The molecule has 1 heterocycles. The number of benzene rings is 2. The minimum atomic E-state index is -4.45. The highest BCUT2D eigenvalue weighted by Crippen LogP contribution is 2.33. The average molecular weight is 432 g/mol. The molecular formula is C24H27F3N2O2. The number of nitrogens with zero attached hydrogens (tertiary/aromatic N) is 1. The molecule has 1 aromatic heterocycles. The Bertz CT molecular complexity index is 1040. The molecular weight excluding hydrogens is 405 g/mol. The number of hydrogen-bond donors (Lipinski definition) is 2. The minimum Gasteiger partial charge on any atom is -0.507 e. The SMILES string of the molecule is CCCCCCCCCC(=O)c1ccc(O)c(-c2nc3ccc(C(F)(F)F)cc3[nH]2)c1. The number of alkyl halides is 3. The minimum absolute atomic E-state index is 0.0229. The number of hydrogen-bond acceptors (Lipinski definition) is 3. The molecule has 0 saturated heterocycles. The van der Waals surface area contributed by atoms with Crippen molar-refractivity contribution in [2.75, 3.05) is 0 Å². The van der Waals surface area contributed by atoms with Crippen molar-refractivity contribution in [3.63, 3.8) is 0 Å². The number of phenols is 1. The highest BCUT2D eigenvalue weighted by atomic mass is 19.4. The molecule has 0 amide bonds. The Morgan fingerprint density at radius 2 is 1.71 bits per heavy atom. The summed E-state index contributed by atoms with van der Waals surface area (Å²) < 4.78 is 38.8. The Hall–Kier alpha value is -2.83. The van der Waals surface area contributed by atoms with Gasteiger partial charge < -0.3 is 10.1 Å². The zero-order valence-electron chi connectivity index (χ0n) is 17.6. The molecule has 0 aliphatic carbocycles. The molecule has 0 spiro atoms. The van der Waals surface area contributed by atoms with Gasteiger partial charge in [-0.05, 0) is 42.8 Å². The number of fused-ring (bicyclic) bond motifs is 1. The molecule has 2 aromatic carbocycles. The van der Waals surface area contributed by atoms with Gasteiger partial charge in [-0.2, -0.15) is 13.2 Å². The summed E-state index contributed by atoms with van der Waals surface area (Å²) in [6, 6.07) is 7.76. The second-order valence-electron chi connectivity index (χ2n) is 7.84. The van der Waals surface area contributed by atoms with Crippen LogP contribution in [0, 0.1) is 0 Å². The van der Waals surface area contributed by atoms with Crippen LogP contribution in [0.2, 0.25) is 0 Å². The first-order valence-electron chi connectivity index (χ1n) is 10.7. The van der Waals surface area contributed by atoms with Crippen LogP contribution < -0.4 is 0 Å². The molecule has 4 nitrogen and oxygen atoms in total. The molecule has 0 aliphatic rings. The van der Waals surface area contributed by atoms with E-state index in [-0.39, 0.29) is 28.4 Å². The number of phenolic OH excluding ortho intramolecular Hbond substituents is 1. The van der Waals surface area contributed by atoms with Crippen molar-refractivity contribution in [2.24, 2.45) is 0 Å². The Kier molecular flexibility index (Phi) is 7.36. The molecule has 0 radical (unpaired) electrons. The second-order valence-corrected chi connectivity index (χ2v) is 7.84. The van der Waals surface area contributed by atoms with E-state index >= 15 is 0 Å². The third kappa shape index (κ3) is 5.87. The van der Waals surface area contributed by atoms with Crippen LogP contribution in [0.4, 0.5) is 13.2 Å². The normalized spacial score (nSPS) is 11.9.